The molecule has 1 fully saturated rings. The highest BCUT2D eigenvalue weighted by atomic mass is 32.1. The molecule has 1 saturated heterocycles. The zero-order valence-corrected chi connectivity index (χ0v) is 17.8. The molecule has 5 rings (SSSR count). The Balaban J connectivity index is 1.39. The summed E-state index contributed by atoms with van der Waals surface area (Å²) in [6.45, 7) is 6.36. The SMILES string of the molecule is Cc1nc(N2CCN(Cc3ccccc3F)CC2)c2c3c(sc2n1)CCCCC3. The minimum absolute atomic E-state index is 0.107. The molecule has 0 bridgehead atoms. The number of fused-ring (bicyclic) bond motifs is 3. The Morgan fingerprint density at radius 1 is 1.00 bits per heavy atom. The third-order valence-electron chi connectivity index (χ3n) is 6.18. The van der Waals surface area contributed by atoms with Gasteiger partial charge >= 0.3 is 0 Å². The minimum atomic E-state index is -0.107. The molecule has 1 aliphatic carbocycles. The van der Waals surface area contributed by atoms with Crippen molar-refractivity contribution in [3.63, 3.8) is 0 Å². The summed E-state index contributed by atoms with van der Waals surface area (Å²) >= 11 is 1.88. The molecule has 0 N–H and O–H groups in total. The summed E-state index contributed by atoms with van der Waals surface area (Å²) in [6, 6.07) is 7.11. The number of nitrogens with zero attached hydrogens (tertiary/aromatic N) is 4. The van der Waals surface area contributed by atoms with Gasteiger partial charge in [-0.05, 0) is 44.2 Å². The van der Waals surface area contributed by atoms with E-state index in [0.29, 0.717) is 6.54 Å². The predicted octanol–water partition coefficient (Wildman–Crippen LogP) is 4.73. The van der Waals surface area contributed by atoms with E-state index in [4.69, 9.17) is 9.97 Å². The van der Waals surface area contributed by atoms with Gasteiger partial charge < -0.3 is 4.90 Å². The Labute approximate surface area is 175 Å². The number of rotatable bonds is 3. The van der Waals surface area contributed by atoms with E-state index in [-0.39, 0.29) is 5.82 Å². The molecular weight excluding hydrogens is 383 g/mol. The van der Waals surface area contributed by atoms with Crippen LogP contribution in [-0.4, -0.2) is 41.0 Å². The topological polar surface area (TPSA) is 32.3 Å². The van der Waals surface area contributed by atoms with Crippen LogP contribution in [0.3, 0.4) is 0 Å². The Morgan fingerprint density at radius 2 is 1.79 bits per heavy atom. The van der Waals surface area contributed by atoms with Crippen LogP contribution in [-0.2, 0) is 19.4 Å². The van der Waals surface area contributed by atoms with Crippen molar-refractivity contribution in [3.8, 4) is 0 Å². The minimum Gasteiger partial charge on any atom is -0.353 e. The molecule has 152 valence electrons. The molecule has 0 unspecified atom stereocenters. The number of aromatic nitrogens is 2. The predicted molar refractivity (Wildman–Crippen MR) is 117 cm³/mol. The second kappa shape index (κ2) is 8.00. The highest BCUT2D eigenvalue weighted by Crippen LogP contribution is 2.39. The Bertz CT molecular complexity index is 1020. The number of hydrogen-bond acceptors (Lipinski definition) is 5. The quantitative estimate of drug-likeness (QED) is 0.585. The van der Waals surface area contributed by atoms with Gasteiger partial charge in [0.15, 0.2) is 0 Å². The van der Waals surface area contributed by atoms with Gasteiger partial charge in [-0.2, -0.15) is 0 Å². The molecule has 2 aliphatic rings. The fraction of sp³-hybridized carbons (Fsp3) is 0.478. The van der Waals surface area contributed by atoms with Gasteiger partial charge in [0.25, 0.3) is 0 Å². The molecule has 0 spiro atoms. The molecule has 3 aromatic rings. The smallest absolute Gasteiger partial charge is 0.141 e. The van der Waals surface area contributed by atoms with Gasteiger partial charge in [-0.1, -0.05) is 24.6 Å². The number of aryl methyl sites for hydroxylation is 3. The van der Waals surface area contributed by atoms with Crippen molar-refractivity contribution in [3.05, 3.63) is 51.9 Å². The van der Waals surface area contributed by atoms with Crippen molar-refractivity contribution in [1.82, 2.24) is 14.9 Å². The summed E-state index contributed by atoms with van der Waals surface area (Å²) in [6.07, 6.45) is 6.21. The second-order valence-electron chi connectivity index (χ2n) is 8.19. The highest BCUT2D eigenvalue weighted by Gasteiger charge is 2.25. The van der Waals surface area contributed by atoms with Crippen LogP contribution in [0.4, 0.5) is 10.2 Å². The lowest BCUT2D eigenvalue weighted by Gasteiger charge is -2.36. The zero-order chi connectivity index (χ0) is 19.8. The van der Waals surface area contributed by atoms with Crippen LogP contribution in [0.25, 0.3) is 10.2 Å². The summed E-state index contributed by atoms with van der Waals surface area (Å²) in [4.78, 5) is 17.1. The van der Waals surface area contributed by atoms with Gasteiger partial charge in [-0.15, -0.1) is 11.3 Å². The number of piperazine rings is 1. The summed E-state index contributed by atoms with van der Waals surface area (Å²) < 4.78 is 14.0. The maximum atomic E-state index is 14.0. The first-order valence-corrected chi connectivity index (χ1v) is 11.5. The van der Waals surface area contributed by atoms with E-state index < -0.39 is 0 Å². The third-order valence-corrected chi connectivity index (χ3v) is 7.37. The monoisotopic (exact) mass is 410 g/mol. The molecule has 6 heteroatoms. The molecule has 0 radical (unpaired) electrons. The number of benzene rings is 1. The van der Waals surface area contributed by atoms with Crippen molar-refractivity contribution in [2.45, 2.75) is 45.6 Å². The molecule has 4 nitrogen and oxygen atoms in total. The van der Waals surface area contributed by atoms with Gasteiger partial charge in [-0.3, -0.25) is 4.90 Å². The van der Waals surface area contributed by atoms with Crippen molar-refractivity contribution < 1.29 is 4.39 Å². The maximum absolute atomic E-state index is 14.0. The lowest BCUT2D eigenvalue weighted by atomic mass is 10.1. The number of hydrogen-bond donors (Lipinski definition) is 0. The summed E-state index contributed by atoms with van der Waals surface area (Å²) in [5.41, 5.74) is 2.29. The summed E-state index contributed by atoms with van der Waals surface area (Å²) in [5.74, 6) is 1.87. The second-order valence-corrected chi connectivity index (χ2v) is 9.28. The molecular formula is C23H27FN4S. The van der Waals surface area contributed by atoms with E-state index in [9.17, 15) is 4.39 Å². The molecule has 1 aliphatic heterocycles. The van der Waals surface area contributed by atoms with E-state index in [2.05, 4.69) is 9.80 Å². The lowest BCUT2D eigenvalue weighted by Crippen LogP contribution is -2.46. The largest absolute Gasteiger partial charge is 0.353 e. The van der Waals surface area contributed by atoms with Gasteiger partial charge in [0.05, 0.1) is 5.39 Å². The van der Waals surface area contributed by atoms with Crippen molar-refractivity contribution in [2.24, 2.45) is 0 Å². The van der Waals surface area contributed by atoms with Crippen molar-refractivity contribution >= 4 is 27.4 Å². The van der Waals surface area contributed by atoms with Crippen LogP contribution < -0.4 is 4.90 Å². The molecule has 1 aromatic carbocycles. The first-order valence-electron chi connectivity index (χ1n) is 10.7. The molecule has 29 heavy (non-hydrogen) atoms. The number of halogens is 1. The summed E-state index contributed by atoms with van der Waals surface area (Å²) in [7, 11) is 0. The zero-order valence-electron chi connectivity index (χ0n) is 17.0. The van der Waals surface area contributed by atoms with Crippen LogP contribution in [0.5, 0.6) is 0 Å². The van der Waals surface area contributed by atoms with Gasteiger partial charge in [0.2, 0.25) is 0 Å². The van der Waals surface area contributed by atoms with Crippen LogP contribution in [0, 0.1) is 12.7 Å². The molecule has 0 amide bonds. The van der Waals surface area contributed by atoms with Crippen LogP contribution in [0.1, 0.15) is 41.1 Å². The van der Waals surface area contributed by atoms with E-state index in [1.807, 2.05) is 30.4 Å². The van der Waals surface area contributed by atoms with Gasteiger partial charge in [0.1, 0.15) is 22.3 Å². The third kappa shape index (κ3) is 3.76. The maximum Gasteiger partial charge on any atom is 0.141 e. The average molecular weight is 411 g/mol. The Kier molecular flexibility index (Phi) is 5.22. The Morgan fingerprint density at radius 3 is 2.62 bits per heavy atom. The normalized spacial score (nSPS) is 18.1. The first kappa shape index (κ1) is 18.9. The lowest BCUT2D eigenvalue weighted by molar-refractivity contribution is 0.246. The average Bonchev–Trinajstić information content (AvgIpc) is 2.90. The number of anilines is 1. The number of thiophene rings is 1. The fourth-order valence-corrected chi connectivity index (χ4v) is 5.93. The van der Waals surface area contributed by atoms with Crippen LogP contribution >= 0.6 is 11.3 Å². The highest BCUT2D eigenvalue weighted by molar-refractivity contribution is 7.19. The van der Waals surface area contributed by atoms with E-state index in [1.165, 1.54) is 41.5 Å². The van der Waals surface area contributed by atoms with Gasteiger partial charge in [0, 0.05) is 43.2 Å². The van der Waals surface area contributed by atoms with E-state index >= 15 is 0 Å². The first-order chi connectivity index (χ1) is 14.2. The molecule has 2 aromatic heterocycles. The van der Waals surface area contributed by atoms with E-state index in [0.717, 1.165) is 54.6 Å². The van der Waals surface area contributed by atoms with Gasteiger partial charge in [-0.25, -0.2) is 14.4 Å². The molecule has 3 heterocycles. The van der Waals surface area contributed by atoms with Crippen molar-refractivity contribution in [2.75, 3.05) is 31.1 Å². The Hall–Kier alpha value is -2.05. The molecule has 0 saturated carbocycles. The van der Waals surface area contributed by atoms with Crippen LogP contribution in [0.15, 0.2) is 24.3 Å². The fourth-order valence-electron chi connectivity index (χ4n) is 4.63. The van der Waals surface area contributed by atoms with Crippen LogP contribution in [0.2, 0.25) is 0 Å². The van der Waals surface area contributed by atoms with E-state index in [1.54, 1.807) is 12.1 Å². The molecule has 0 atom stereocenters. The summed E-state index contributed by atoms with van der Waals surface area (Å²) in [5, 5.41) is 1.31. The standard InChI is InChI=1S/C23H27FN4S/c1-16-25-22(21-18-8-3-2-4-10-20(18)29-23(21)26-16)28-13-11-27(12-14-28)15-17-7-5-6-9-19(17)24/h5-7,9H,2-4,8,10-15H2,1H3. The van der Waals surface area contributed by atoms with Crippen molar-refractivity contribution in [1.29, 1.82) is 0 Å².